The average molecular weight is 459 g/mol. The third kappa shape index (κ3) is 5.60. The first kappa shape index (κ1) is 24.9. The van der Waals surface area contributed by atoms with E-state index in [-0.39, 0.29) is 31.1 Å². The molecule has 32 heavy (non-hydrogen) atoms. The van der Waals surface area contributed by atoms with Crippen LogP contribution in [0.4, 0.5) is 22.0 Å². The molecule has 0 spiro atoms. The smallest absolute Gasteiger partial charge is 0.213 e. The van der Waals surface area contributed by atoms with Crippen LogP contribution in [0.2, 0.25) is 0 Å². The summed E-state index contributed by atoms with van der Waals surface area (Å²) < 4.78 is 82.9. The van der Waals surface area contributed by atoms with Crippen molar-refractivity contribution in [3.8, 4) is 0 Å². The highest BCUT2D eigenvalue weighted by Gasteiger charge is 2.39. The molecule has 1 saturated heterocycles. The lowest BCUT2D eigenvalue weighted by Crippen LogP contribution is -2.44. The number of benzene rings is 1. The minimum Gasteiger partial charge on any atom is -0.343 e. The van der Waals surface area contributed by atoms with Crippen LogP contribution >= 0.6 is 0 Å². The SMILES string of the molecule is C=CCCc1ccc(C2CCC(C(F)=C(F)C3OCC(F)(CCC)CO3)CC2)c(F)c1F. The van der Waals surface area contributed by atoms with E-state index in [1.165, 1.54) is 0 Å². The van der Waals surface area contributed by atoms with Gasteiger partial charge in [-0.1, -0.05) is 31.6 Å². The van der Waals surface area contributed by atoms with Crippen LogP contribution in [0.3, 0.4) is 0 Å². The topological polar surface area (TPSA) is 18.5 Å². The Morgan fingerprint density at radius 2 is 1.72 bits per heavy atom. The molecule has 2 nitrogen and oxygen atoms in total. The van der Waals surface area contributed by atoms with Gasteiger partial charge in [-0.15, -0.1) is 6.58 Å². The molecule has 0 unspecified atom stereocenters. The monoisotopic (exact) mass is 458 g/mol. The highest BCUT2D eigenvalue weighted by atomic mass is 19.2. The van der Waals surface area contributed by atoms with Crippen LogP contribution in [-0.4, -0.2) is 25.2 Å². The lowest BCUT2D eigenvalue weighted by Gasteiger charge is -2.34. The molecule has 1 aromatic carbocycles. The fourth-order valence-corrected chi connectivity index (χ4v) is 4.61. The molecular weight excluding hydrogens is 427 g/mol. The Balaban J connectivity index is 1.60. The first-order valence-corrected chi connectivity index (χ1v) is 11.3. The molecule has 0 N–H and O–H groups in total. The summed E-state index contributed by atoms with van der Waals surface area (Å²) in [7, 11) is 0. The second-order valence-electron chi connectivity index (χ2n) is 8.87. The van der Waals surface area contributed by atoms with Gasteiger partial charge in [0.2, 0.25) is 6.29 Å². The van der Waals surface area contributed by atoms with Crippen LogP contribution < -0.4 is 0 Å². The zero-order valence-corrected chi connectivity index (χ0v) is 18.4. The maximum Gasteiger partial charge on any atom is 0.213 e. The van der Waals surface area contributed by atoms with Crippen LogP contribution in [0, 0.1) is 17.6 Å². The number of hydrogen-bond acceptors (Lipinski definition) is 2. The molecule has 0 bridgehead atoms. The third-order valence-corrected chi connectivity index (χ3v) is 6.46. The maximum absolute atomic E-state index is 14.8. The Labute approximate surface area is 186 Å². The lowest BCUT2D eigenvalue weighted by atomic mass is 9.77. The van der Waals surface area contributed by atoms with Gasteiger partial charge < -0.3 is 9.47 Å². The summed E-state index contributed by atoms with van der Waals surface area (Å²) in [5.74, 6) is -4.76. The molecule has 0 radical (unpaired) electrons. The van der Waals surface area contributed by atoms with Crippen LogP contribution in [0.15, 0.2) is 36.4 Å². The molecule has 178 valence electrons. The molecule has 2 fully saturated rings. The highest BCUT2D eigenvalue weighted by molar-refractivity contribution is 5.30. The van der Waals surface area contributed by atoms with Gasteiger partial charge >= 0.3 is 0 Å². The Hall–Kier alpha value is -1.73. The first-order valence-electron chi connectivity index (χ1n) is 11.3. The Morgan fingerprint density at radius 1 is 1.06 bits per heavy atom. The van der Waals surface area contributed by atoms with Crippen molar-refractivity contribution in [1.29, 1.82) is 0 Å². The lowest BCUT2D eigenvalue weighted by molar-refractivity contribution is -0.224. The molecular formula is C25H31F5O2. The predicted molar refractivity (Wildman–Crippen MR) is 113 cm³/mol. The van der Waals surface area contributed by atoms with E-state index in [4.69, 9.17) is 9.47 Å². The summed E-state index contributed by atoms with van der Waals surface area (Å²) in [6.07, 6.45) is 3.25. The number of rotatable bonds is 8. The van der Waals surface area contributed by atoms with E-state index in [0.717, 1.165) is 0 Å². The van der Waals surface area contributed by atoms with Crippen LogP contribution in [-0.2, 0) is 15.9 Å². The van der Waals surface area contributed by atoms with E-state index in [1.54, 1.807) is 18.2 Å². The van der Waals surface area contributed by atoms with Crippen molar-refractivity contribution in [3.63, 3.8) is 0 Å². The molecule has 1 saturated carbocycles. The minimum atomic E-state index is -1.68. The van der Waals surface area contributed by atoms with Gasteiger partial charge in [0.25, 0.3) is 0 Å². The van der Waals surface area contributed by atoms with E-state index >= 15 is 0 Å². The average Bonchev–Trinajstić information content (AvgIpc) is 2.80. The number of alkyl halides is 1. The summed E-state index contributed by atoms with van der Waals surface area (Å²) in [5.41, 5.74) is -1.09. The van der Waals surface area contributed by atoms with E-state index in [0.29, 0.717) is 50.5 Å². The largest absolute Gasteiger partial charge is 0.343 e. The highest BCUT2D eigenvalue weighted by Crippen LogP contribution is 2.42. The maximum atomic E-state index is 14.8. The Morgan fingerprint density at radius 3 is 2.31 bits per heavy atom. The van der Waals surface area contributed by atoms with Crippen LogP contribution in [0.25, 0.3) is 0 Å². The van der Waals surface area contributed by atoms with Crippen molar-refractivity contribution in [2.75, 3.05) is 13.2 Å². The number of aryl methyl sites for hydroxylation is 1. The van der Waals surface area contributed by atoms with Crippen molar-refractivity contribution < 1.29 is 31.4 Å². The number of ether oxygens (including phenoxy) is 2. The zero-order chi connectivity index (χ0) is 23.3. The summed E-state index contributed by atoms with van der Waals surface area (Å²) in [5, 5.41) is 0. The molecule has 0 amide bonds. The summed E-state index contributed by atoms with van der Waals surface area (Å²) in [4.78, 5) is 0. The van der Waals surface area contributed by atoms with E-state index < -0.39 is 41.2 Å². The molecule has 1 aliphatic heterocycles. The Bertz CT molecular complexity index is 822. The van der Waals surface area contributed by atoms with Gasteiger partial charge in [0.05, 0.1) is 13.2 Å². The number of hydrogen-bond donors (Lipinski definition) is 0. The van der Waals surface area contributed by atoms with Crippen molar-refractivity contribution in [3.05, 3.63) is 59.2 Å². The first-order chi connectivity index (χ1) is 15.3. The normalized spacial score (nSPS) is 29.5. The summed E-state index contributed by atoms with van der Waals surface area (Å²) in [6.45, 7) is 4.73. The van der Waals surface area contributed by atoms with E-state index in [9.17, 15) is 22.0 Å². The van der Waals surface area contributed by atoms with Gasteiger partial charge in [-0.2, -0.15) is 0 Å². The predicted octanol–water partition coefficient (Wildman–Crippen LogP) is 7.39. The molecule has 1 aromatic rings. The van der Waals surface area contributed by atoms with Gasteiger partial charge in [0, 0.05) is 5.92 Å². The summed E-state index contributed by atoms with van der Waals surface area (Å²) in [6, 6.07) is 3.18. The van der Waals surface area contributed by atoms with Gasteiger partial charge in [-0.3, -0.25) is 0 Å². The number of halogens is 5. The van der Waals surface area contributed by atoms with Crippen LogP contribution in [0.1, 0.15) is 68.9 Å². The molecule has 1 heterocycles. The zero-order valence-electron chi connectivity index (χ0n) is 18.4. The number of allylic oxidation sites excluding steroid dienone is 2. The Kier molecular flexibility index (Phi) is 8.50. The van der Waals surface area contributed by atoms with Crippen molar-refractivity contribution in [2.24, 2.45) is 5.92 Å². The fourth-order valence-electron chi connectivity index (χ4n) is 4.61. The van der Waals surface area contributed by atoms with Gasteiger partial charge in [0.15, 0.2) is 23.1 Å². The summed E-state index contributed by atoms with van der Waals surface area (Å²) >= 11 is 0. The van der Waals surface area contributed by atoms with Gasteiger partial charge in [-0.05, 0) is 62.0 Å². The molecule has 7 heteroatoms. The minimum absolute atomic E-state index is 0.226. The molecule has 0 atom stereocenters. The van der Waals surface area contributed by atoms with Gasteiger partial charge in [0.1, 0.15) is 5.83 Å². The fraction of sp³-hybridized carbons (Fsp3) is 0.600. The van der Waals surface area contributed by atoms with Crippen molar-refractivity contribution in [1.82, 2.24) is 0 Å². The van der Waals surface area contributed by atoms with E-state index in [1.807, 2.05) is 6.92 Å². The quantitative estimate of drug-likeness (QED) is 0.299. The molecule has 3 rings (SSSR count). The second-order valence-corrected chi connectivity index (χ2v) is 8.87. The van der Waals surface area contributed by atoms with Crippen molar-refractivity contribution >= 4 is 0 Å². The molecule has 2 aliphatic rings. The van der Waals surface area contributed by atoms with Crippen LogP contribution in [0.5, 0.6) is 0 Å². The van der Waals surface area contributed by atoms with Crippen molar-refractivity contribution in [2.45, 2.75) is 76.2 Å². The van der Waals surface area contributed by atoms with Gasteiger partial charge in [-0.25, -0.2) is 22.0 Å². The third-order valence-electron chi connectivity index (χ3n) is 6.46. The molecule has 1 aliphatic carbocycles. The van der Waals surface area contributed by atoms with E-state index in [2.05, 4.69) is 6.58 Å². The second kappa shape index (κ2) is 10.9. The molecule has 0 aromatic heterocycles. The standard InChI is InChI=1S/C25H31F5O2/c1-3-5-6-17-11-12-19(22(28)20(17)26)16-7-9-18(10-8-16)21(27)23(29)24-31-14-25(30,13-4-2)15-32-24/h3,11-12,16,18,24H,1,4-10,13-15H2,2H3.